The van der Waals surface area contributed by atoms with Gasteiger partial charge in [0.15, 0.2) is 0 Å². The van der Waals surface area contributed by atoms with Crippen LogP contribution in [0.3, 0.4) is 0 Å². The molecule has 0 heterocycles. The zero-order valence-electron chi connectivity index (χ0n) is 5.97. The fourth-order valence-corrected chi connectivity index (χ4v) is 0.144. The van der Waals surface area contributed by atoms with E-state index in [9.17, 15) is 9.90 Å². The Kier molecular flexibility index (Phi) is 5.77. The van der Waals surface area contributed by atoms with Gasteiger partial charge in [0.25, 0.3) is 0 Å². The van der Waals surface area contributed by atoms with E-state index in [2.05, 4.69) is 0 Å². The first-order chi connectivity index (χ1) is 3.50. The largest absolute Gasteiger partial charge is 1.00 e. The molecule has 48 valence electrons. The zero-order chi connectivity index (χ0) is 6.78. The number of rotatable bonds is 2. The molecular weight excluding hydrogens is 131 g/mol. The van der Waals surface area contributed by atoms with Crippen molar-refractivity contribution in [2.45, 2.75) is 25.9 Å². The van der Waals surface area contributed by atoms with E-state index in [1.807, 2.05) is 0 Å². The van der Waals surface area contributed by atoms with Crippen molar-refractivity contribution >= 4 is 5.97 Å². The molecule has 0 aromatic rings. The van der Waals surface area contributed by atoms with Crippen LogP contribution in [0.25, 0.3) is 0 Å². The van der Waals surface area contributed by atoms with Crippen LogP contribution in [0.1, 0.15) is 20.3 Å². The molecule has 0 aromatic carbocycles. The van der Waals surface area contributed by atoms with Crippen LogP contribution in [0.15, 0.2) is 0 Å². The first kappa shape index (κ1) is 12.1. The molecule has 0 unspecified atom stereocenters. The molecule has 0 amide bonds. The van der Waals surface area contributed by atoms with Gasteiger partial charge in [-0.05, 0) is 13.3 Å². The maximum absolute atomic E-state index is 9.89. The van der Waals surface area contributed by atoms with Crippen molar-refractivity contribution in [3.63, 3.8) is 0 Å². The summed E-state index contributed by atoms with van der Waals surface area (Å²) in [7, 11) is 0. The Labute approximate surface area is 76.4 Å². The third-order valence-corrected chi connectivity index (χ3v) is 1.13. The fourth-order valence-electron chi connectivity index (χ4n) is 0.144. The minimum absolute atomic E-state index is 0. The van der Waals surface area contributed by atoms with E-state index in [1.54, 1.807) is 6.92 Å². The summed E-state index contributed by atoms with van der Waals surface area (Å²) in [6, 6.07) is 0. The second-order valence-electron chi connectivity index (χ2n) is 1.91. The molecule has 0 rings (SSSR count). The van der Waals surface area contributed by atoms with E-state index in [0.29, 0.717) is 0 Å². The average Bonchev–Trinajstić information content (AvgIpc) is 1.67. The van der Waals surface area contributed by atoms with Crippen LogP contribution in [-0.4, -0.2) is 16.7 Å². The minimum atomic E-state index is -1.65. The van der Waals surface area contributed by atoms with E-state index < -0.39 is 11.6 Å². The molecular formula is C5H9NaO3. The van der Waals surface area contributed by atoms with Gasteiger partial charge in [-0.15, -0.1) is 0 Å². The van der Waals surface area contributed by atoms with Crippen molar-refractivity contribution in [2.75, 3.05) is 0 Å². The van der Waals surface area contributed by atoms with Crippen LogP contribution < -0.4 is 34.7 Å². The Morgan fingerprint density at radius 3 is 2.11 bits per heavy atom. The molecule has 0 saturated carbocycles. The fraction of sp³-hybridized carbons (Fsp3) is 0.800. The maximum atomic E-state index is 9.89. The molecule has 0 aliphatic carbocycles. The predicted molar refractivity (Wildman–Crippen MR) is 25.9 cm³/mol. The number of hydrogen-bond acceptors (Lipinski definition) is 3. The van der Waals surface area contributed by atoms with Gasteiger partial charge in [0.2, 0.25) is 0 Å². The van der Waals surface area contributed by atoms with E-state index in [4.69, 9.17) is 5.11 Å². The molecule has 0 saturated heterocycles. The summed E-state index contributed by atoms with van der Waals surface area (Å²) >= 11 is 0. The summed E-state index contributed by atoms with van der Waals surface area (Å²) in [4.78, 5) is 9.89. The summed E-state index contributed by atoms with van der Waals surface area (Å²) in [5.41, 5.74) is -1.65. The van der Waals surface area contributed by atoms with Gasteiger partial charge in [-0.25, -0.2) is 0 Å². The van der Waals surface area contributed by atoms with E-state index in [0.717, 1.165) is 0 Å². The van der Waals surface area contributed by atoms with Gasteiger partial charge in [0.05, 0.1) is 5.97 Å². The molecule has 0 aromatic heterocycles. The van der Waals surface area contributed by atoms with E-state index in [-0.39, 0.29) is 36.0 Å². The molecule has 1 N–H and O–H groups in total. The van der Waals surface area contributed by atoms with Crippen molar-refractivity contribution in [2.24, 2.45) is 0 Å². The zero-order valence-corrected chi connectivity index (χ0v) is 7.97. The second kappa shape index (κ2) is 4.28. The normalized spacial score (nSPS) is 15.4. The average molecular weight is 140 g/mol. The number of aliphatic hydroxyl groups is 1. The van der Waals surface area contributed by atoms with E-state index >= 15 is 0 Å². The molecule has 4 heteroatoms. The Bertz CT molecular complexity index is 100. The number of carbonyl (C=O) groups is 1. The number of hydrogen-bond donors (Lipinski definition) is 1. The van der Waals surface area contributed by atoms with Crippen molar-refractivity contribution in [3.8, 4) is 0 Å². The SMILES string of the molecule is CC[C@](C)(O)C(=O)[O-].[Na+]. The third-order valence-electron chi connectivity index (χ3n) is 1.13. The monoisotopic (exact) mass is 140 g/mol. The molecule has 9 heavy (non-hydrogen) atoms. The Hall–Kier alpha value is 0.430. The number of carbonyl (C=O) groups excluding carboxylic acids is 1. The van der Waals surface area contributed by atoms with Gasteiger partial charge in [0.1, 0.15) is 5.60 Å². The maximum Gasteiger partial charge on any atom is 1.00 e. The topological polar surface area (TPSA) is 60.4 Å². The minimum Gasteiger partial charge on any atom is -0.547 e. The van der Waals surface area contributed by atoms with Crippen LogP contribution >= 0.6 is 0 Å². The number of carboxylic acids is 1. The van der Waals surface area contributed by atoms with Crippen molar-refractivity contribution in [3.05, 3.63) is 0 Å². The second-order valence-corrected chi connectivity index (χ2v) is 1.91. The van der Waals surface area contributed by atoms with Gasteiger partial charge in [-0.1, -0.05) is 6.92 Å². The van der Waals surface area contributed by atoms with E-state index in [1.165, 1.54) is 6.92 Å². The smallest absolute Gasteiger partial charge is 0.547 e. The van der Waals surface area contributed by atoms with Crippen molar-refractivity contribution in [1.82, 2.24) is 0 Å². The predicted octanol–water partition coefficient (Wildman–Crippen LogP) is -4.10. The van der Waals surface area contributed by atoms with Gasteiger partial charge >= 0.3 is 29.6 Å². The van der Waals surface area contributed by atoms with Crippen LogP contribution in [0, 0.1) is 0 Å². The summed E-state index contributed by atoms with van der Waals surface area (Å²) < 4.78 is 0. The molecule has 0 spiro atoms. The molecule has 3 nitrogen and oxygen atoms in total. The van der Waals surface area contributed by atoms with Crippen LogP contribution in [0.2, 0.25) is 0 Å². The Morgan fingerprint density at radius 2 is 2.11 bits per heavy atom. The molecule has 0 radical (unpaired) electrons. The molecule has 0 fully saturated rings. The summed E-state index contributed by atoms with van der Waals surface area (Å²) in [6.07, 6.45) is 0.176. The van der Waals surface area contributed by atoms with Crippen LogP contribution in [0.5, 0.6) is 0 Å². The summed E-state index contributed by atoms with van der Waals surface area (Å²) in [5, 5.41) is 18.6. The number of aliphatic carboxylic acids is 1. The molecule has 0 aliphatic heterocycles. The van der Waals surface area contributed by atoms with Crippen LogP contribution in [0.4, 0.5) is 0 Å². The third kappa shape index (κ3) is 3.92. The Balaban J connectivity index is 0. The molecule has 1 atom stereocenters. The summed E-state index contributed by atoms with van der Waals surface area (Å²) in [5.74, 6) is -1.42. The molecule has 0 bridgehead atoms. The van der Waals surface area contributed by atoms with Crippen LogP contribution in [-0.2, 0) is 4.79 Å². The first-order valence-corrected chi connectivity index (χ1v) is 2.44. The van der Waals surface area contributed by atoms with Gasteiger partial charge in [-0.2, -0.15) is 0 Å². The molecule has 0 aliphatic rings. The standard InChI is InChI=1S/C5H10O3.Na/c1-3-5(2,8)4(6)7;/h8H,3H2,1-2H3,(H,6,7);/q;+1/p-1/t5-;/m0./s1. The van der Waals surface area contributed by atoms with Gasteiger partial charge in [-0.3, -0.25) is 0 Å². The van der Waals surface area contributed by atoms with Gasteiger partial charge in [0, 0.05) is 0 Å². The van der Waals surface area contributed by atoms with Gasteiger partial charge < -0.3 is 15.0 Å². The Morgan fingerprint density at radius 1 is 1.78 bits per heavy atom. The number of carboxylic acid groups (broad SMARTS) is 1. The summed E-state index contributed by atoms with van der Waals surface area (Å²) in [6.45, 7) is 2.79. The van der Waals surface area contributed by atoms with Crippen molar-refractivity contribution < 1.29 is 44.6 Å². The quantitative estimate of drug-likeness (QED) is 0.397. The first-order valence-electron chi connectivity index (χ1n) is 2.44. The van der Waals surface area contributed by atoms with Crippen molar-refractivity contribution in [1.29, 1.82) is 0 Å².